The highest BCUT2D eigenvalue weighted by Crippen LogP contribution is 2.20. The lowest BCUT2D eigenvalue weighted by Crippen LogP contribution is -2.15. The zero-order valence-corrected chi connectivity index (χ0v) is 8.38. The first kappa shape index (κ1) is 11.0. The smallest absolute Gasteiger partial charge is 0.258 e. The van der Waals surface area contributed by atoms with E-state index in [0.717, 1.165) is 5.01 Å². The number of aryl methyl sites for hydroxylation is 1. The molecular formula is C8H10N4O3. The van der Waals surface area contributed by atoms with Gasteiger partial charge in [-0.15, -0.1) is 4.91 Å². The van der Waals surface area contributed by atoms with Gasteiger partial charge < -0.3 is 0 Å². The number of anilines is 1. The first-order valence-electron chi connectivity index (χ1n) is 4.33. The van der Waals surface area contributed by atoms with E-state index < -0.39 is 4.92 Å². The molecule has 1 rings (SSSR count). The van der Waals surface area contributed by atoms with E-state index in [9.17, 15) is 15.0 Å². The lowest BCUT2D eigenvalue weighted by molar-refractivity contribution is -0.385. The topological polar surface area (TPSA) is 88.7 Å². The molecule has 0 saturated heterocycles. The highest BCUT2D eigenvalue weighted by Gasteiger charge is 2.14. The molecule has 0 aromatic carbocycles. The van der Waals surface area contributed by atoms with Gasteiger partial charge in [-0.05, 0) is 19.9 Å². The van der Waals surface area contributed by atoms with E-state index in [-0.39, 0.29) is 11.4 Å². The molecule has 0 bridgehead atoms. The largest absolute Gasteiger partial charge is 0.290 e. The maximum atomic E-state index is 10.5. The number of hydrogen-bond acceptors (Lipinski definition) is 5. The Hall–Kier alpha value is -2.05. The quantitative estimate of drug-likeness (QED) is 0.429. The summed E-state index contributed by atoms with van der Waals surface area (Å²) in [6.07, 6.45) is 0. The molecule has 0 fully saturated rings. The molecule has 0 unspecified atom stereocenters. The van der Waals surface area contributed by atoms with Gasteiger partial charge in [0.15, 0.2) is 5.82 Å². The van der Waals surface area contributed by atoms with Gasteiger partial charge in [-0.25, -0.2) is 9.99 Å². The maximum absolute atomic E-state index is 10.5. The van der Waals surface area contributed by atoms with Crippen molar-refractivity contribution in [3.63, 3.8) is 0 Å². The van der Waals surface area contributed by atoms with E-state index in [0.29, 0.717) is 12.4 Å². The van der Waals surface area contributed by atoms with Crippen LogP contribution in [0.5, 0.6) is 0 Å². The molecule has 1 aromatic heterocycles. The van der Waals surface area contributed by atoms with Crippen LogP contribution in [-0.2, 0) is 0 Å². The van der Waals surface area contributed by atoms with E-state index in [1.807, 2.05) is 0 Å². The summed E-state index contributed by atoms with van der Waals surface area (Å²) in [5.74, 6) is 0.315. The third-order valence-electron chi connectivity index (χ3n) is 1.90. The lowest BCUT2D eigenvalue weighted by atomic mass is 10.3. The highest BCUT2D eigenvalue weighted by atomic mass is 16.6. The monoisotopic (exact) mass is 210 g/mol. The minimum absolute atomic E-state index is 0.0688. The Kier molecular flexibility index (Phi) is 3.27. The molecule has 0 amide bonds. The molecule has 0 aliphatic heterocycles. The number of nitrogens with zero attached hydrogens (tertiary/aromatic N) is 4. The van der Waals surface area contributed by atoms with Crippen LogP contribution in [0.2, 0.25) is 0 Å². The van der Waals surface area contributed by atoms with E-state index in [2.05, 4.69) is 10.3 Å². The molecule has 0 radical (unpaired) electrons. The lowest BCUT2D eigenvalue weighted by Gasteiger charge is -2.11. The Bertz CT molecular complexity index is 393. The summed E-state index contributed by atoms with van der Waals surface area (Å²) in [7, 11) is 0. The summed E-state index contributed by atoms with van der Waals surface area (Å²) in [6.45, 7) is 3.62. The van der Waals surface area contributed by atoms with E-state index >= 15 is 0 Å². The molecule has 0 spiro atoms. The maximum Gasteiger partial charge on any atom is 0.290 e. The fourth-order valence-electron chi connectivity index (χ4n) is 1.14. The molecule has 15 heavy (non-hydrogen) atoms. The van der Waals surface area contributed by atoms with Crippen molar-refractivity contribution in [2.45, 2.75) is 13.8 Å². The predicted molar refractivity (Wildman–Crippen MR) is 54.4 cm³/mol. The summed E-state index contributed by atoms with van der Waals surface area (Å²) >= 11 is 0. The molecule has 1 heterocycles. The van der Waals surface area contributed by atoms with Gasteiger partial charge in [-0.2, -0.15) is 0 Å². The minimum Gasteiger partial charge on any atom is -0.258 e. The summed E-state index contributed by atoms with van der Waals surface area (Å²) < 4.78 is 0. The molecule has 0 N–H and O–H groups in total. The van der Waals surface area contributed by atoms with Crippen LogP contribution in [0.4, 0.5) is 11.5 Å². The first-order chi connectivity index (χ1) is 7.10. The molecule has 7 heteroatoms. The van der Waals surface area contributed by atoms with Crippen LogP contribution in [0.3, 0.4) is 0 Å². The summed E-state index contributed by atoms with van der Waals surface area (Å²) in [4.78, 5) is 24.3. The molecule has 0 aliphatic carbocycles. The summed E-state index contributed by atoms with van der Waals surface area (Å²) in [5.41, 5.74) is 0.195. The van der Waals surface area contributed by atoms with Crippen LogP contribution >= 0.6 is 0 Å². The molecule has 80 valence electrons. The zero-order valence-electron chi connectivity index (χ0n) is 8.38. The van der Waals surface area contributed by atoms with Crippen LogP contribution in [-0.4, -0.2) is 16.5 Å². The standard InChI is InChI=1S/C8H10N4O3/c1-3-11(10-13)8-5-4-7(12(14)15)6(2)9-8/h4-5H,3H2,1-2H3. The third kappa shape index (κ3) is 2.25. The number of rotatable bonds is 4. The van der Waals surface area contributed by atoms with Crippen molar-refractivity contribution in [2.75, 3.05) is 11.6 Å². The van der Waals surface area contributed by atoms with Crippen LogP contribution < -0.4 is 5.01 Å². The van der Waals surface area contributed by atoms with Gasteiger partial charge in [-0.3, -0.25) is 10.1 Å². The van der Waals surface area contributed by atoms with Gasteiger partial charge in [0, 0.05) is 12.6 Å². The third-order valence-corrected chi connectivity index (χ3v) is 1.90. The molecule has 1 aromatic rings. The Morgan fingerprint density at radius 3 is 2.67 bits per heavy atom. The van der Waals surface area contributed by atoms with Crippen LogP contribution in [0.15, 0.2) is 17.4 Å². The number of nitro groups is 1. The second-order valence-electron chi connectivity index (χ2n) is 2.83. The van der Waals surface area contributed by atoms with Crippen molar-refractivity contribution in [3.05, 3.63) is 32.8 Å². The molecular weight excluding hydrogens is 200 g/mol. The van der Waals surface area contributed by atoms with Crippen molar-refractivity contribution in [1.82, 2.24) is 4.98 Å². The van der Waals surface area contributed by atoms with Gasteiger partial charge in [0.25, 0.3) is 5.69 Å². The highest BCUT2D eigenvalue weighted by molar-refractivity contribution is 5.45. The molecule has 7 nitrogen and oxygen atoms in total. The van der Waals surface area contributed by atoms with Gasteiger partial charge in [0.2, 0.25) is 0 Å². The minimum atomic E-state index is -0.517. The van der Waals surface area contributed by atoms with Crippen LogP contribution in [0.1, 0.15) is 12.6 Å². The Labute approximate surface area is 85.8 Å². The van der Waals surface area contributed by atoms with E-state index in [1.54, 1.807) is 6.92 Å². The second kappa shape index (κ2) is 4.45. The van der Waals surface area contributed by atoms with Crippen molar-refractivity contribution in [3.8, 4) is 0 Å². The van der Waals surface area contributed by atoms with E-state index in [1.165, 1.54) is 19.1 Å². The fraction of sp³-hybridized carbons (Fsp3) is 0.375. The fourth-order valence-corrected chi connectivity index (χ4v) is 1.14. The number of hydrogen-bond donors (Lipinski definition) is 0. The number of aromatic nitrogens is 1. The summed E-state index contributed by atoms with van der Waals surface area (Å²) in [5, 5.41) is 14.4. The van der Waals surface area contributed by atoms with E-state index in [4.69, 9.17) is 0 Å². The zero-order chi connectivity index (χ0) is 11.4. The van der Waals surface area contributed by atoms with Crippen molar-refractivity contribution >= 4 is 11.5 Å². The van der Waals surface area contributed by atoms with Crippen molar-refractivity contribution in [1.29, 1.82) is 0 Å². The number of nitroso groups, excluding NO2 is 1. The second-order valence-corrected chi connectivity index (χ2v) is 2.83. The van der Waals surface area contributed by atoms with Gasteiger partial charge in [-0.1, -0.05) is 0 Å². The Balaban J connectivity index is 3.10. The van der Waals surface area contributed by atoms with Gasteiger partial charge in [0.1, 0.15) is 5.69 Å². The summed E-state index contributed by atoms with van der Waals surface area (Å²) in [6, 6.07) is 2.71. The number of pyridine rings is 1. The van der Waals surface area contributed by atoms with Crippen LogP contribution in [0, 0.1) is 21.9 Å². The Morgan fingerprint density at radius 2 is 2.27 bits per heavy atom. The average molecular weight is 210 g/mol. The molecule has 0 atom stereocenters. The van der Waals surface area contributed by atoms with Crippen molar-refractivity contribution < 1.29 is 4.92 Å². The Morgan fingerprint density at radius 1 is 1.60 bits per heavy atom. The van der Waals surface area contributed by atoms with Crippen molar-refractivity contribution in [2.24, 2.45) is 5.29 Å². The molecule has 0 aliphatic rings. The van der Waals surface area contributed by atoms with Gasteiger partial charge in [0.05, 0.1) is 10.2 Å². The predicted octanol–water partition coefficient (Wildman–Crippen LogP) is 1.81. The normalized spacial score (nSPS) is 9.73. The van der Waals surface area contributed by atoms with Gasteiger partial charge >= 0.3 is 0 Å². The SMILES string of the molecule is CCN(N=O)c1ccc([N+](=O)[O-])c(C)n1. The molecule has 0 saturated carbocycles. The van der Waals surface area contributed by atoms with Crippen LogP contribution in [0.25, 0.3) is 0 Å². The average Bonchev–Trinajstić information content (AvgIpc) is 2.19. The first-order valence-corrected chi connectivity index (χ1v) is 4.33.